The standard InChI is InChI=1S/C4H6O2.Pb.2H/c5-4(6)3-1-2-3;;;/h3H,1-2H2,(H,5,6);;;. The molecule has 1 saturated carbocycles. The van der Waals surface area contributed by atoms with Crippen LogP contribution in [0.4, 0.5) is 0 Å². The van der Waals surface area contributed by atoms with Crippen molar-refractivity contribution >= 4 is 33.3 Å². The zero-order valence-electron chi connectivity index (χ0n) is 4.05. The Labute approximate surface area is 62.1 Å². The van der Waals surface area contributed by atoms with Crippen LogP contribution < -0.4 is 0 Å². The monoisotopic (exact) mass is 296 g/mol. The minimum absolute atomic E-state index is 0. The molecule has 1 N–H and O–H groups in total. The van der Waals surface area contributed by atoms with Crippen molar-refractivity contribution in [2.24, 2.45) is 5.92 Å². The summed E-state index contributed by atoms with van der Waals surface area (Å²) < 4.78 is 0. The van der Waals surface area contributed by atoms with Crippen molar-refractivity contribution in [3.63, 3.8) is 0 Å². The molecule has 7 heavy (non-hydrogen) atoms. The second-order valence-corrected chi connectivity index (χ2v) is 1.61. The number of carboxylic acid groups (broad SMARTS) is 1. The average molecular weight is 295 g/mol. The Kier molecular flexibility index (Phi) is 2.79. The van der Waals surface area contributed by atoms with E-state index in [4.69, 9.17) is 5.11 Å². The van der Waals surface area contributed by atoms with Gasteiger partial charge < -0.3 is 5.11 Å². The molecule has 0 aromatic carbocycles. The molecule has 1 aliphatic rings. The van der Waals surface area contributed by atoms with Gasteiger partial charge in [0.1, 0.15) is 0 Å². The maximum atomic E-state index is 9.76. The molecular formula is C4H8O2Pb. The fraction of sp³-hybridized carbons (Fsp3) is 0.750. The molecule has 2 radical (unpaired) electrons. The van der Waals surface area contributed by atoms with Gasteiger partial charge >= 0.3 is 33.3 Å². The van der Waals surface area contributed by atoms with Gasteiger partial charge in [0.15, 0.2) is 0 Å². The third kappa shape index (κ3) is 2.26. The molecule has 0 unspecified atom stereocenters. The van der Waals surface area contributed by atoms with Gasteiger partial charge in [0.2, 0.25) is 0 Å². The third-order valence-electron chi connectivity index (χ3n) is 0.927. The molecule has 0 heterocycles. The molecule has 0 aromatic rings. The van der Waals surface area contributed by atoms with Crippen LogP contribution >= 0.6 is 0 Å². The van der Waals surface area contributed by atoms with E-state index in [1.165, 1.54) is 0 Å². The molecule has 0 atom stereocenters. The van der Waals surface area contributed by atoms with E-state index in [1.807, 2.05) is 0 Å². The van der Waals surface area contributed by atoms with Gasteiger partial charge in [0.25, 0.3) is 0 Å². The number of carboxylic acids is 1. The summed E-state index contributed by atoms with van der Waals surface area (Å²) in [5.41, 5.74) is 0. The van der Waals surface area contributed by atoms with E-state index in [0.29, 0.717) is 0 Å². The SMILES string of the molecule is O=C(O)C1CC1.[PbH2]. The number of hydrogen-bond acceptors (Lipinski definition) is 1. The summed E-state index contributed by atoms with van der Waals surface area (Å²) in [6.07, 6.45) is 1.80. The van der Waals surface area contributed by atoms with Crippen LogP contribution in [0.15, 0.2) is 0 Å². The van der Waals surface area contributed by atoms with Gasteiger partial charge in [0, 0.05) is 0 Å². The van der Waals surface area contributed by atoms with Gasteiger partial charge in [-0.05, 0) is 12.8 Å². The van der Waals surface area contributed by atoms with E-state index in [2.05, 4.69) is 0 Å². The zero-order chi connectivity index (χ0) is 4.57. The molecule has 0 bridgehead atoms. The Balaban J connectivity index is 0.000000360. The van der Waals surface area contributed by atoms with Crippen LogP contribution in [0, 0.1) is 5.92 Å². The summed E-state index contributed by atoms with van der Waals surface area (Å²) in [5.74, 6) is -0.611. The topological polar surface area (TPSA) is 37.3 Å². The van der Waals surface area contributed by atoms with Crippen molar-refractivity contribution in [3.05, 3.63) is 0 Å². The number of rotatable bonds is 1. The van der Waals surface area contributed by atoms with Crippen LogP contribution in [0.2, 0.25) is 0 Å². The van der Waals surface area contributed by atoms with Crippen LogP contribution in [-0.2, 0) is 4.79 Å². The van der Waals surface area contributed by atoms with Gasteiger partial charge in [-0.3, -0.25) is 4.79 Å². The first-order valence-corrected chi connectivity index (χ1v) is 2.03. The molecule has 40 valence electrons. The molecule has 0 aromatic heterocycles. The van der Waals surface area contributed by atoms with Crippen molar-refractivity contribution in [2.75, 3.05) is 0 Å². The predicted molar refractivity (Wildman–Crippen MR) is 28.9 cm³/mol. The predicted octanol–water partition coefficient (Wildman–Crippen LogP) is -0.435. The van der Waals surface area contributed by atoms with E-state index in [1.54, 1.807) is 0 Å². The third-order valence-corrected chi connectivity index (χ3v) is 0.927. The van der Waals surface area contributed by atoms with Crippen LogP contribution in [0.25, 0.3) is 0 Å². The van der Waals surface area contributed by atoms with Crippen molar-refractivity contribution in [1.29, 1.82) is 0 Å². The Morgan fingerprint density at radius 2 is 2.00 bits per heavy atom. The Morgan fingerprint density at radius 1 is 1.57 bits per heavy atom. The number of carbonyl (C=O) groups is 1. The molecular weight excluding hydrogens is 287 g/mol. The average Bonchev–Trinajstić information content (AvgIpc) is 2.06. The summed E-state index contributed by atoms with van der Waals surface area (Å²) in [7, 11) is 0. The Morgan fingerprint density at radius 3 is 2.00 bits per heavy atom. The van der Waals surface area contributed by atoms with E-state index < -0.39 is 5.97 Å². The Hall–Kier alpha value is 0.392. The number of aliphatic carboxylic acids is 1. The molecule has 0 saturated heterocycles. The second kappa shape index (κ2) is 2.64. The molecule has 1 rings (SSSR count). The normalized spacial score (nSPS) is 17.7. The summed E-state index contributed by atoms with van der Waals surface area (Å²) in [4.78, 5) is 9.76. The maximum absolute atomic E-state index is 9.76. The van der Waals surface area contributed by atoms with Crippen molar-refractivity contribution in [1.82, 2.24) is 0 Å². The quantitative estimate of drug-likeness (QED) is 0.666. The van der Waals surface area contributed by atoms with Crippen molar-refractivity contribution in [3.8, 4) is 0 Å². The van der Waals surface area contributed by atoms with Crippen LogP contribution in [0.1, 0.15) is 12.8 Å². The van der Waals surface area contributed by atoms with Gasteiger partial charge in [-0.25, -0.2) is 0 Å². The first-order chi connectivity index (χ1) is 2.80. The summed E-state index contributed by atoms with van der Waals surface area (Å²) in [6, 6.07) is 0. The fourth-order valence-corrected chi connectivity index (χ4v) is 0.330. The number of hydrogen-bond donors (Lipinski definition) is 1. The van der Waals surface area contributed by atoms with Gasteiger partial charge in [0.05, 0.1) is 5.92 Å². The first kappa shape index (κ1) is 7.39. The molecule has 0 amide bonds. The molecule has 1 aliphatic carbocycles. The van der Waals surface area contributed by atoms with Crippen LogP contribution in [-0.4, -0.2) is 38.4 Å². The molecule has 0 spiro atoms. The van der Waals surface area contributed by atoms with Gasteiger partial charge in [-0.15, -0.1) is 0 Å². The van der Waals surface area contributed by atoms with Crippen molar-refractivity contribution < 1.29 is 9.90 Å². The van der Waals surface area contributed by atoms with E-state index in [0.717, 1.165) is 12.8 Å². The van der Waals surface area contributed by atoms with E-state index in [9.17, 15) is 4.79 Å². The van der Waals surface area contributed by atoms with Crippen molar-refractivity contribution in [2.45, 2.75) is 12.8 Å². The van der Waals surface area contributed by atoms with Crippen LogP contribution in [0.3, 0.4) is 0 Å². The minimum atomic E-state index is -0.630. The summed E-state index contributed by atoms with van der Waals surface area (Å²) >= 11 is 0. The Bertz CT molecular complexity index is 77.8. The van der Waals surface area contributed by atoms with E-state index >= 15 is 0 Å². The molecule has 2 nitrogen and oxygen atoms in total. The first-order valence-electron chi connectivity index (χ1n) is 2.03. The molecule has 0 aliphatic heterocycles. The molecule has 3 heteroatoms. The second-order valence-electron chi connectivity index (χ2n) is 1.61. The summed E-state index contributed by atoms with van der Waals surface area (Å²) in [6.45, 7) is 0. The zero-order valence-corrected chi connectivity index (χ0v) is 9.55. The molecule has 1 fully saturated rings. The van der Waals surface area contributed by atoms with Crippen LogP contribution in [0.5, 0.6) is 0 Å². The fourth-order valence-electron chi connectivity index (χ4n) is 0.330. The van der Waals surface area contributed by atoms with Gasteiger partial charge in [-0.2, -0.15) is 0 Å². The van der Waals surface area contributed by atoms with Gasteiger partial charge in [-0.1, -0.05) is 0 Å². The van der Waals surface area contributed by atoms with E-state index in [-0.39, 0.29) is 33.2 Å². The summed E-state index contributed by atoms with van der Waals surface area (Å²) in [5, 5.41) is 8.05.